The average molecular weight is 217 g/mol. The van der Waals surface area contributed by atoms with Gasteiger partial charge in [0.15, 0.2) is 0 Å². The first kappa shape index (κ1) is 14.3. The van der Waals surface area contributed by atoms with Gasteiger partial charge < -0.3 is 5.32 Å². The van der Waals surface area contributed by atoms with Gasteiger partial charge >= 0.3 is 0 Å². The van der Waals surface area contributed by atoms with Crippen molar-refractivity contribution < 1.29 is 0 Å². The van der Waals surface area contributed by atoms with Gasteiger partial charge in [0.1, 0.15) is 0 Å². The summed E-state index contributed by atoms with van der Waals surface area (Å²) in [7, 11) is 0. The molecule has 0 fully saturated rings. The Morgan fingerprint density at radius 2 is 1.86 bits per heavy atom. The van der Waals surface area contributed by atoms with E-state index >= 15 is 0 Å². The van der Waals surface area contributed by atoms with Crippen molar-refractivity contribution in [3.63, 3.8) is 0 Å². The lowest BCUT2D eigenvalue weighted by molar-refractivity contribution is 0.628. The van der Waals surface area contributed by atoms with Crippen molar-refractivity contribution in [3.8, 4) is 0 Å². The van der Waals surface area contributed by atoms with E-state index in [0.29, 0.717) is 0 Å². The maximum atomic E-state index is 3.49. The van der Waals surface area contributed by atoms with Crippen LogP contribution < -0.4 is 5.32 Å². The van der Waals surface area contributed by atoms with Crippen molar-refractivity contribution in [2.45, 2.75) is 46.5 Å². The van der Waals surface area contributed by atoms with E-state index in [2.05, 4.69) is 37.8 Å². The summed E-state index contributed by atoms with van der Waals surface area (Å²) in [5.74, 6) is 3.47. The fourth-order valence-corrected chi connectivity index (χ4v) is 2.32. The van der Waals surface area contributed by atoms with Gasteiger partial charge in [0, 0.05) is 12.3 Å². The van der Waals surface area contributed by atoms with Gasteiger partial charge in [-0.05, 0) is 31.1 Å². The topological polar surface area (TPSA) is 12.0 Å². The van der Waals surface area contributed by atoms with Crippen LogP contribution in [0.1, 0.15) is 46.5 Å². The van der Waals surface area contributed by atoms with Crippen LogP contribution in [0.4, 0.5) is 0 Å². The third-order valence-electron chi connectivity index (χ3n) is 2.22. The predicted molar refractivity (Wildman–Crippen MR) is 69.2 cm³/mol. The minimum absolute atomic E-state index is 0.861. The highest BCUT2D eigenvalue weighted by Gasteiger charge is 1.94. The minimum atomic E-state index is 0.861. The largest absolute Gasteiger partial charge is 0.316 e. The van der Waals surface area contributed by atoms with Crippen molar-refractivity contribution in [2.24, 2.45) is 5.92 Å². The van der Waals surface area contributed by atoms with Crippen molar-refractivity contribution in [2.75, 3.05) is 24.6 Å². The zero-order valence-electron chi connectivity index (χ0n) is 10.1. The molecule has 2 heteroatoms. The van der Waals surface area contributed by atoms with Gasteiger partial charge in [0.25, 0.3) is 0 Å². The third-order valence-corrected chi connectivity index (χ3v) is 3.24. The Hall–Kier alpha value is 0.310. The summed E-state index contributed by atoms with van der Waals surface area (Å²) in [5.41, 5.74) is 0. The molecule has 0 aromatic carbocycles. The Morgan fingerprint density at radius 1 is 1.07 bits per heavy atom. The van der Waals surface area contributed by atoms with E-state index < -0.39 is 0 Å². The van der Waals surface area contributed by atoms with E-state index in [0.717, 1.165) is 5.92 Å². The molecule has 0 aliphatic carbocycles. The second kappa shape index (κ2) is 11.4. The highest BCUT2D eigenvalue weighted by atomic mass is 32.2. The lowest BCUT2D eigenvalue weighted by Crippen LogP contribution is -2.18. The van der Waals surface area contributed by atoms with Crippen LogP contribution in [0.25, 0.3) is 0 Å². The fourth-order valence-electron chi connectivity index (χ4n) is 1.19. The van der Waals surface area contributed by atoms with Crippen LogP contribution in [0.2, 0.25) is 0 Å². The van der Waals surface area contributed by atoms with Crippen molar-refractivity contribution in [1.82, 2.24) is 5.32 Å². The van der Waals surface area contributed by atoms with E-state index in [1.54, 1.807) is 0 Å². The van der Waals surface area contributed by atoms with Gasteiger partial charge in [-0.25, -0.2) is 0 Å². The molecule has 0 saturated heterocycles. The molecule has 0 aromatic heterocycles. The lowest BCUT2D eigenvalue weighted by atomic mass is 10.2. The molecule has 0 spiro atoms. The number of unbranched alkanes of at least 4 members (excludes halogenated alkanes) is 2. The molecule has 0 atom stereocenters. The fraction of sp³-hybridized carbons (Fsp3) is 1.00. The van der Waals surface area contributed by atoms with Crippen molar-refractivity contribution in [3.05, 3.63) is 0 Å². The number of thioether (sulfide) groups is 1. The molecule has 0 aliphatic heterocycles. The molecule has 0 aromatic rings. The Kier molecular flexibility index (Phi) is 11.6. The van der Waals surface area contributed by atoms with E-state index in [4.69, 9.17) is 0 Å². The molecular formula is C12H27NS. The van der Waals surface area contributed by atoms with Crippen molar-refractivity contribution >= 4 is 11.8 Å². The second-order valence-corrected chi connectivity index (χ2v) is 5.48. The maximum absolute atomic E-state index is 3.49. The standard InChI is InChI=1S/C12H27NS/c1-4-5-6-8-13-9-11-14-10-7-12(2)3/h12-13H,4-11H2,1-3H3. The molecule has 14 heavy (non-hydrogen) atoms. The van der Waals surface area contributed by atoms with Gasteiger partial charge in [-0.15, -0.1) is 0 Å². The second-order valence-electron chi connectivity index (χ2n) is 4.25. The Morgan fingerprint density at radius 3 is 2.50 bits per heavy atom. The predicted octanol–water partition coefficient (Wildman–Crippen LogP) is 3.55. The van der Waals surface area contributed by atoms with Gasteiger partial charge in [0.2, 0.25) is 0 Å². The van der Waals surface area contributed by atoms with E-state index in [1.165, 1.54) is 50.3 Å². The van der Waals surface area contributed by atoms with Crippen LogP contribution >= 0.6 is 11.8 Å². The number of hydrogen-bond acceptors (Lipinski definition) is 2. The van der Waals surface area contributed by atoms with Gasteiger partial charge in [-0.3, -0.25) is 0 Å². The van der Waals surface area contributed by atoms with Crippen LogP contribution in [0, 0.1) is 5.92 Å². The molecule has 0 rings (SSSR count). The molecule has 0 bridgehead atoms. The Bertz CT molecular complexity index is 104. The van der Waals surface area contributed by atoms with E-state index in [1.807, 2.05) is 0 Å². The van der Waals surface area contributed by atoms with Crippen LogP contribution in [0.3, 0.4) is 0 Å². The molecule has 0 heterocycles. The number of rotatable bonds is 10. The first-order valence-corrected chi connectivity index (χ1v) is 7.21. The molecule has 0 aliphatic rings. The summed E-state index contributed by atoms with van der Waals surface area (Å²) in [5, 5.41) is 3.49. The summed E-state index contributed by atoms with van der Waals surface area (Å²) < 4.78 is 0. The van der Waals surface area contributed by atoms with Crippen LogP contribution in [-0.4, -0.2) is 24.6 Å². The highest BCUT2D eigenvalue weighted by Crippen LogP contribution is 2.07. The number of nitrogens with one attached hydrogen (secondary N) is 1. The summed E-state index contributed by atoms with van der Waals surface area (Å²) in [4.78, 5) is 0. The molecule has 86 valence electrons. The van der Waals surface area contributed by atoms with Gasteiger partial charge in [-0.1, -0.05) is 33.6 Å². The molecule has 1 nitrogen and oxygen atoms in total. The van der Waals surface area contributed by atoms with Crippen LogP contribution in [0.15, 0.2) is 0 Å². The summed E-state index contributed by atoms with van der Waals surface area (Å²) >= 11 is 2.08. The van der Waals surface area contributed by atoms with Gasteiger partial charge in [-0.2, -0.15) is 11.8 Å². The number of hydrogen-bond donors (Lipinski definition) is 1. The van der Waals surface area contributed by atoms with Gasteiger partial charge in [0.05, 0.1) is 0 Å². The molecule has 0 radical (unpaired) electrons. The molecular weight excluding hydrogens is 190 g/mol. The molecule has 1 N–H and O–H groups in total. The Balaban J connectivity index is 2.85. The zero-order valence-corrected chi connectivity index (χ0v) is 11.0. The zero-order chi connectivity index (χ0) is 10.6. The average Bonchev–Trinajstić information content (AvgIpc) is 2.15. The molecule has 0 amide bonds. The summed E-state index contributed by atoms with van der Waals surface area (Å²) in [6, 6.07) is 0. The monoisotopic (exact) mass is 217 g/mol. The highest BCUT2D eigenvalue weighted by molar-refractivity contribution is 7.99. The lowest BCUT2D eigenvalue weighted by Gasteiger charge is -2.05. The smallest absolute Gasteiger partial charge is 0.00581 e. The normalized spacial score (nSPS) is 11.1. The first-order chi connectivity index (χ1) is 6.77. The quantitative estimate of drug-likeness (QED) is 0.562. The molecule has 0 unspecified atom stereocenters. The van der Waals surface area contributed by atoms with E-state index in [-0.39, 0.29) is 0 Å². The first-order valence-electron chi connectivity index (χ1n) is 6.05. The minimum Gasteiger partial charge on any atom is -0.316 e. The summed E-state index contributed by atoms with van der Waals surface area (Å²) in [6.07, 6.45) is 5.39. The Labute approximate surface area is 94.4 Å². The maximum Gasteiger partial charge on any atom is 0.00581 e. The molecule has 0 saturated carbocycles. The van der Waals surface area contributed by atoms with E-state index in [9.17, 15) is 0 Å². The van der Waals surface area contributed by atoms with Crippen LogP contribution in [-0.2, 0) is 0 Å². The summed E-state index contributed by atoms with van der Waals surface area (Å²) in [6.45, 7) is 9.24. The third kappa shape index (κ3) is 12.3. The SMILES string of the molecule is CCCCCNCCSCCC(C)C. The van der Waals surface area contributed by atoms with Crippen LogP contribution in [0.5, 0.6) is 0 Å². The van der Waals surface area contributed by atoms with Crippen molar-refractivity contribution in [1.29, 1.82) is 0 Å².